The van der Waals surface area contributed by atoms with Crippen LogP contribution in [0.25, 0.3) is 0 Å². The summed E-state index contributed by atoms with van der Waals surface area (Å²) in [5.74, 6) is 0.446. The summed E-state index contributed by atoms with van der Waals surface area (Å²) in [4.78, 5) is 10.4. The van der Waals surface area contributed by atoms with Gasteiger partial charge in [0.1, 0.15) is 0 Å². The number of nitrogens with one attached hydrogen (secondary N) is 1. The zero-order valence-electron chi connectivity index (χ0n) is 11.3. The Bertz CT molecular complexity index is 655. The number of nitrogens with zero attached hydrogens (tertiary/aromatic N) is 3. The average molecular weight is 296 g/mol. The van der Waals surface area contributed by atoms with Crippen LogP contribution in [-0.2, 0) is 16.6 Å². The van der Waals surface area contributed by atoms with Gasteiger partial charge in [-0.05, 0) is 13.0 Å². The normalized spacial score (nSPS) is 11.8. The summed E-state index contributed by atoms with van der Waals surface area (Å²) in [6.45, 7) is 2.50. The molecular formula is C12H16N4O3S. The molecule has 0 spiro atoms. The second-order valence-corrected chi connectivity index (χ2v) is 6.09. The number of imidazole rings is 1. The topological polar surface area (TPSA) is 88.2 Å². The molecule has 0 radical (unpaired) electrons. The molecule has 8 heteroatoms. The zero-order chi connectivity index (χ0) is 14.6. The molecule has 0 unspecified atom stereocenters. The number of pyridine rings is 1. The van der Waals surface area contributed by atoms with Crippen molar-refractivity contribution in [3.63, 3.8) is 0 Å². The van der Waals surface area contributed by atoms with Gasteiger partial charge >= 0.3 is 0 Å². The minimum absolute atomic E-state index is 0.0573. The van der Waals surface area contributed by atoms with E-state index in [9.17, 15) is 8.42 Å². The van der Waals surface area contributed by atoms with Crippen molar-refractivity contribution in [3.05, 3.63) is 36.4 Å². The minimum atomic E-state index is -3.59. The lowest BCUT2D eigenvalue weighted by atomic mass is 10.3. The molecule has 0 saturated carbocycles. The number of H-pyrrole nitrogens is 1. The Labute approximate surface area is 117 Å². The van der Waals surface area contributed by atoms with Crippen molar-refractivity contribution in [1.29, 1.82) is 0 Å². The van der Waals surface area contributed by atoms with Crippen molar-refractivity contribution in [2.45, 2.75) is 18.5 Å². The third kappa shape index (κ3) is 2.97. The van der Waals surface area contributed by atoms with Crippen LogP contribution in [0.3, 0.4) is 0 Å². The Kier molecular flexibility index (Phi) is 4.35. The van der Waals surface area contributed by atoms with E-state index in [1.807, 2.05) is 6.92 Å². The van der Waals surface area contributed by atoms with Gasteiger partial charge in [-0.2, -0.15) is 4.31 Å². The Morgan fingerprint density at radius 2 is 2.25 bits per heavy atom. The molecule has 0 bridgehead atoms. The summed E-state index contributed by atoms with van der Waals surface area (Å²) in [5, 5.41) is 0.0573. The molecule has 2 rings (SSSR count). The van der Waals surface area contributed by atoms with Gasteiger partial charge in [0.25, 0.3) is 10.0 Å². The van der Waals surface area contributed by atoms with E-state index >= 15 is 0 Å². The average Bonchev–Trinajstić information content (AvgIpc) is 2.96. The summed E-state index contributed by atoms with van der Waals surface area (Å²) < 4.78 is 31.1. The number of aromatic nitrogens is 3. The summed E-state index contributed by atoms with van der Waals surface area (Å²) in [6, 6.07) is 3.53. The van der Waals surface area contributed by atoms with Crippen molar-refractivity contribution < 1.29 is 13.2 Å². The van der Waals surface area contributed by atoms with Gasteiger partial charge in [-0.15, -0.1) is 0 Å². The second-order valence-electron chi connectivity index (χ2n) is 4.08. The molecule has 0 aromatic carbocycles. The molecule has 2 aromatic heterocycles. The van der Waals surface area contributed by atoms with Crippen molar-refractivity contribution in [2.24, 2.45) is 0 Å². The monoisotopic (exact) mass is 296 g/mol. The molecule has 0 aliphatic rings. The standard InChI is InChI=1S/C12H16N4O3S/c1-3-19-12-10(5-4-6-14-12)8-16(2)20(17,18)11-7-13-9-15-11/h4-7,9H,3,8H2,1-2H3,(H,13,15). The predicted octanol–water partition coefficient (Wildman–Crippen LogP) is 1.02. The van der Waals surface area contributed by atoms with E-state index in [4.69, 9.17) is 4.74 Å². The minimum Gasteiger partial charge on any atom is -0.478 e. The maximum atomic E-state index is 12.3. The first kappa shape index (κ1) is 14.5. The largest absolute Gasteiger partial charge is 0.478 e. The third-order valence-electron chi connectivity index (χ3n) is 2.69. The van der Waals surface area contributed by atoms with Crippen LogP contribution >= 0.6 is 0 Å². The van der Waals surface area contributed by atoms with Crippen LogP contribution in [0.5, 0.6) is 5.88 Å². The van der Waals surface area contributed by atoms with Crippen LogP contribution in [0.15, 0.2) is 35.9 Å². The fraction of sp³-hybridized carbons (Fsp3) is 0.333. The van der Waals surface area contributed by atoms with Gasteiger partial charge in [-0.1, -0.05) is 6.07 Å². The Morgan fingerprint density at radius 3 is 2.90 bits per heavy atom. The molecule has 7 nitrogen and oxygen atoms in total. The smallest absolute Gasteiger partial charge is 0.260 e. The van der Waals surface area contributed by atoms with E-state index < -0.39 is 10.0 Å². The molecule has 0 amide bonds. The van der Waals surface area contributed by atoms with Crippen molar-refractivity contribution in [1.82, 2.24) is 19.3 Å². The van der Waals surface area contributed by atoms with Crippen LogP contribution in [-0.4, -0.2) is 41.3 Å². The lowest BCUT2D eigenvalue weighted by Crippen LogP contribution is -2.27. The molecule has 0 aliphatic carbocycles. The quantitative estimate of drug-likeness (QED) is 0.860. The van der Waals surface area contributed by atoms with E-state index in [1.54, 1.807) is 18.3 Å². The maximum Gasteiger partial charge on any atom is 0.260 e. The lowest BCUT2D eigenvalue weighted by molar-refractivity contribution is 0.318. The van der Waals surface area contributed by atoms with Crippen molar-refractivity contribution in [2.75, 3.05) is 13.7 Å². The van der Waals surface area contributed by atoms with Gasteiger partial charge in [-0.3, -0.25) is 0 Å². The number of hydrogen-bond donors (Lipinski definition) is 1. The molecule has 0 atom stereocenters. The summed E-state index contributed by atoms with van der Waals surface area (Å²) in [6.07, 6.45) is 4.22. The SMILES string of the molecule is CCOc1ncccc1CN(C)S(=O)(=O)c1cnc[nH]1. The van der Waals surface area contributed by atoms with E-state index in [0.29, 0.717) is 18.1 Å². The fourth-order valence-electron chi connectivity index (χ4n) is 1.69. The fourth-order valence-corrected chi connectivity index (χ4v) is 2.73. The van der Waals surface area contributed by atoms with Crippen LogP contribution in [0.1, 0.15) is 12.5 Å². The number of sulfonamides is 1. The van der Waals surface area contributed by atoms with Gasteiger partial charge in [0.15, 0.2) is 5.03 Å². The number of aromatic amines is 1. The molecule has 20 heavy (non-hydrogen) atoms. The van der Waals surface area contributed by atoms with Gasteiger partial charge in [-0.25, -0.2) is 18.4 Å². The van der Waals surface area contributed by atoms with Gasteiger partial charge < -0.3 is 9.72 Å². The van der Waals surface area contributed by atoms with E-state index in [1.165, 1.54) is 23.9 Å². The highest BCUT2D eigenvalue weighted by Gasteiger charge is 2.23. The molecule has 0 fully saturated rings. The van der Waals surface area contributed by atoms with E-state index in [-0.39, 0.29) is 11.6 Å². The molecule has 0 saturated heterocycles. The van der Waals surface area contributed by atoms with Gasteiger partial charge in [0, 0.05) is 25.4 Å². The molecular weight excluding hydrogens is 280 g/mol. The summed E-state index contributed by atoms with van der Waals surface area (Å²) >= 11 is 0. The highest BCUT2D eigenvalue weighted by Crippen LogP contribution is 2.19. The van der Waals surface area contributed by atoms with Crippen LogP contribution in [0, 0.1) is 0 Å². The van der Waals surface area contributed by atoms with Gasteiger partial charge in [0.2, 0.25) is 5.88 Å². The van der Waals surface area contributed by atoms with Crippen LogP contribution in [0.4, 0.5) is 0 Å². The Balaban J connectivity index is 2.22. The van der Waals surface area contributed by atoms with E-state index in [2.05, 4.69) is 15.0 Å². The molecule has 1 N–H and O–H groups in total. The number of rotatable bonds is 6. The highest BCUT2D eigenvalue weighted by atomic mass is 32.2. The molecule has 2 heterocycles. The zero-order valence-corrected chi connectivity index (χ0v) is 12.1. The first-order valence-corrected chi connectivity index (χ1v) is 7.51. The Hall–Kier alpha value is -1.93. The highest BCUT2D eigenvalue weighted by molar-refractivity contribution is 7.89. The first-order chi connectivity index (χ1) is 9.55. The lowest BCUT2D eigenvalue weighted by Gasteiger charge is -2.17. The maximum absolute atomic E-state index is 12.3. The van der Waals surface area contributed by atoms with Crippen LogP contribution < -0.4 is 4.74 Å². The molecule has 2 aromatic rings. The molecule has 0 aliphatic heterocycles. The van der Waals surface area contributed by atoms with Crippen LogP contribution in [0.2, 0.25) is 0 Å². The first-order valence-electron chi connectivity index (χ1n) is 6.07. The summed E-state index contributed by atoms with van der Waals surface area (Å²) in [7, 11) is -2.09. The second kappa shape index (κ2) is 6.02. The Morgan fingerprint density at radius 1 is 1.45 bits per heavy atom. The van der Waals surface area contributed by atoms with Gasteiger partial charge in [0.05, 0.1) is 19.1 Å². The predicted molar refractivity (Wildman–Crippen MR) is 72.6 cm³/mol. The third-order valence-corrected chi connectivity index (χ3v) is 4.41. The summed E-state index contributed by atoms with van der Waals surface area (Å²) in [5.41, 5.74) is 0.708. The van der Waals surface area contributed by atoms with E-state index in [0.717, 1.165) is 0 Å². The number of hydrogen-bond acceptors (Lipinski definition) is 5. The van der Waals surface area contributed by atoms with Crippen molar-refractivity contribution >= 4 is 10.0 Å². The molecule has 108 valence electrons. The van der Waals surface area contributed by atoms with Crippen molar-refractivity contribution in [3.8, 4) is 5.88 Å². The number of ether oxygens (including phenoxy) is 1.